The summed E-state index contributed by atoms with van der Waals surface area (Å²) < 4.78 is 134. The van der Waals surface area contributed by atoms with Crippen LogP contribution in [-0.4, -0.2) is 39.5 Å². The molecule has 0 spiro atoms. The molecule has 0 atom stereocenters. The van der Waals surface area contributed by atoms with Gasteiger partial charge in [-0.25, -0.2) is 0 Å². The van der Waals surface area contributed by atoms with Crippen molar-refractivity contribution in [1.82, 2.24) is 0 Å². The minimum Gasteiger partial charge on any atom is -0.490 e. The lowest BCUT2D eigenvalue weighted by Gasteiger charge is -2.23. The van der Waals surface area contributed by atoms with Crippen molar-refractivity contribution < 1.29 is 58.0 Å². The van der Waals surface area contributed by atoms with Crippen LogP contribution in [0.25, 0.3) is 0 Å². The standard InChI is InChI=1S/C21H12BF9O3.C10H24N/c23-19(24,25)13-4-1-7-16(10-13)32-22(33-17-8-2-5-14(11-17)20(26,27)28)34-18-9-3-6-15(12-18)21(29,30)31;1-5-6-7-8-9-10-11(2,3)4/h1-12H;5-10H2,1-4H3/q;+1. The van der Waals surface area contributed by atoms with Gasteiger partial charge >= 0.3 is 25.9 Å². The first kappa shape index (κ1) is 37.6. The van der Waals surface area contributed by atoms with E-state index in [4.69, 9.17) is 14.0 Å². The van der Waals surface area contributed by atoms with E-state index >= 15 is 0 Å². The molecule has 4 nitrogen and oxygen atoms in total. The van der Waals surface area contributed by atoms with Crippen molar-refractivity contribution in [1.29, 1.82) is 0 Å². The van der Waals surface area contributed by atoms with Gasteiger partial charge in [-0.15, -0.1) is 0 Å². The molecule has 3 aromatic carbocycles. The molecule has 45 heavy (non-hydrogen) atoms. The molecule has 0 radical (unpaired) electrons. The van der Waals surface area contributed by atoms with E-state index in [-0.39, 0.29) is 0 Å². The molecule has 0 aliphatic rings. The first-order chi connectivity index (χ1) is 20.8. The summed E-state index contributed by atoms with van der Waals surface area (Å²) in [4.78, 5) is 0. The van der Waals surface area contributed by atoms with Gasteiger partial charge in [0.15, 0.2) is 0 Å². The summed E-state index contributed by atoms with van der Waals surface area (Å²) in [6.07, 6.45) is -7.21. The van der Waals surface area contributed by atoms with Crippen molar-refractivity contribution >= 4 is 7.32 Å². The van der Waals surface area contributed by atoms with E-state index in [1.807, 2.05) is 0 Å². The van der Waals surface area contributed by atoms with E-state index in [2.05, 4.69) is 28.1 Å². The average Bonchev–Trinajstić information content (AvgIpc) is 2.92. The highest BCUT2D eigenvalue weighted by molar-refractivity contribution is 6.39. The zero-order valence-corrected chi connectivity index (χ0v) is 25.3. The van der Waals surface area contributed by atoms with Crippen LogP contribution >= 0.6 is 0 Å². The Morgan fingerprint density at radius 3 is 1.16 bits per heavy atom. The maximum absolute atomic E-state index is 13.0. The third-order valence-electron chi connectivity index (χ3n) is 6.11. The van der Waals surface area contributed by atoms with Crippen LogP contribution in [0.4, 0.5) is 39.5 Å². The Kier molecular flexibility index (Phi) is 13.5. The third-order valence-corrected chi connectivity index (χ3v) is 6.11. The first-order valence-corrected chi connectivity index (χ1v) is 14.1. The zero-order chi connectivity index (χ0) is 33.9. The van der Waals surface area contributed by atoms with Gasteiger partial charge in [0.2, 0.25) is 0 Å². The van der Waals surface area contributed by atoms with Crippen molar-refractivity contribution in [3.63, 3.8) is 0 Å². The molecule has 0 aliphatic carbocycles. The van der Waals surface area contributed by atoms with Crippen LogP contribution in [0, 0.1) is 0 Å². The van der Waals surface area contributed by atoms with E-state index in [9.17, 15) is 39.5 Å². The fraction of sp³-hybridized carbons (Fsp3) is 0.419. The molecule has 0 unspecified atom stereocenters. The van der Waals surface area contributed by atoms with Crippen molar-refractivity contribution in [2.75, 3.05) is 27.7 Å². The summed E-state index contributed by atoms with van der Waals surface area (Å²) >= 11 is 0. The lowest BCUT2D eigenvalue weighted by Crippen LogP contribution is -2.37. The number of alkyl halides is 9. The van der Waals surface area contributed by atoms with Crippen LogP contribution in [0.3, 0.4) is 0 Å². The van der Waals surface area contributed by atoms with Crippen LogP contribution in [0.2, 0.25) is 0 Å². The number of quaternary nitrogens is 1. The van der Waals surface area contributed by atoms with Gasteiger partial charge in [0, 0.05) is 0 Å². The Morgan fingerprint density at radius 2 is 0.867 bits per heavy atom. The number of benzene rings is 3. The van der Waals surface area contributed by atoms with Gasteiger partial charge in [0.1, 0.15) is 17.2 Å². The van der Waals surface area contributed by atoms with Gasteiger partial charge in [-0.2, -0.15) is 39.5 Å². The van der Waals surface area contributed by atoms with Gasteiger partial charge in [0.05, 0.1) is 44.4 Å². The molecule has 0 N–H and O–H groups in total. The number of unbranched alkanes of at least 4 members (excludes halogenated alkanes) is 4. The van der Waals surface area contributed by atoms with Crippen LogP contribution in [0.15, 0.2) is 72.8 Å². The molecule has 14 heteroatoms. The molecular formula is C31H36BF9NO3+. The summed E-state index contributed by atoms with van der Waals surface area (Å²) in [5, 5.41) is 0. The summed E-state index contributed by atoms with van der Waals surface area (Å²) in [5.41, 5.74) is -3.33. The van der Waals surface area contributed by atoms with Crippen LogP contribution in [-0.2, 0) is 18.5 Å². The van der Waals surface area contributed by atoms with E-state index < -0.39 is 59.8 Å². The van der Waals surface area contributed by atoms with Crippen LogP contribution < -0.4 is 14.0 Å². The molecule has 0 fully saturated rings. The van der Waals surface area contributed by atoms with Crippen molar-refractivity contribution in [2.45, 2.75) is 57.6 Å². The summed E-state index contributed by atoms with van der Waals surface area (Å²) in [5.74, 6) is -1.38. The lowest BCUT2D eigenvalue weighted by molar-refractivity contribution is -0.870. The molecule has 0 amide bonds. The molecule has 3 aromatic rings. The molecule has 3 rings (SSSR count). The summed E-state index contributed by atoms with van der Waals surface area (Å²) in [6.45, 7) is 3.59. The largest absolute Gasteiger partial charge is 0.864 e. The Hall–Kier alpha value is -3.55. The molecule has 0 aliphatic heterocycles. The Balaban J connectivity index is 0.000000547. The maximum atomic E-state index is 13.0. The predicted octanol–water partition coefficient (Wildman–Crippen LogP) is 9.93. The molecule has 0 heterocycles. The van der Waals surface area contributed by atoms with Crippen LogP contribution in [0.5, 0.6) is 17.2 Å². The molecular weight excluding hydrogens is 616 g/mol. The predicted molar refractivity (Wildman–Crippen MR) is 154 cm³/mol. The summed E-state index contributed by atoms with van der Waals surface area (Å²) in [6, 6.07) is 10.1. The molecule has 0 saturated carbocycles. The second-order valence-corrected chi connectivity index (χ2v) is 11.1. The lowest BCUT2D eigenvalue weighted by atomic mass is 10.1. The van der Waals surface area contributed by atoms with E-state index in [1.165, 1.54) is 38.6 Å². The van der Waals surface area contributed by atoms with Gasteiger partial charge in [-0.05, 0) is 67.4 Å². The minimum atomic E-state index is -4.74. The fourth-order valence-corrected chi connectivity index (χ4v) is 3.83. The quantitative estimate of drug-likeness (QED) is 0.0844. The normalized spacial score (nSPS) is 12.2. The highest BCUT2D eigenvalue weighted by atomic mass is 19.4. The number of halogens is 9. The highest BCUT2D eigenvalue weighted by Crippen LogP contribution is 2.34. The van der Waals surface area contributed by atoms with Crippen molar-refractivity contribution in [2.24, 2.45) is 0 Å². The highest BCUT2D eigenvalue weighted by Gasteiger charge is 2.36. The zero-order valence-electron chi connectivity index (χ0n) is 25.3. The molecule has 0 aromatic heterocycles. The smallest absolute Gasteiger partial charge is 0.490 e. The van der Waals surface area contributed by atoms with Gasteiger partial charge in [0.25, 0.3) is 0 Å². The molecule has 0 saturated heterocycles. The minimum absolute atomic E-state index is 0.459. The monoisotopic (exact) mass is 652 g/mol. The van der Waals surface area contributed by atoms with Gasteiger partial charge in [-0.1, -0.05) is 44.4 Å². The Labute approximate surface area is 257 Å². The second kappa shape index (κ2) is 16.1. The first-order valence-electron chi connectivity index (χ1n) is 14.1. The number of rotatable bonds is 12. The Bertz CT molecular complexity index is 1180. The third kappa shape index (κ3) is 14.4. The van der Waals surface area contributed by atoms with Crippen molar-refractivity contribution in [3.05, 3.63) is 89.5 Å². The van der Waals surface area contributed by atoms with E-state index in [0.29, 0.717) is 18.2 Å². The number of hydrogen-bond acceptors (Lipinski definition) is 3. The molecule has 0 bridgehead atoms. The number of hydrogen-bond donors (Lipinski definition) is 0. The fourth-order valence-electron chi connectivity index (χ4n) is 3.83. The SMILES string of the molecule is CCCCCCC[N+](C)(C)C.FC(F)(F)c1cccc(OB(Oc2cccc(C(F)(F)F)c2)Oc2cccc(C(F)(F)F)c2)c1. The Morgan fingerprint density at radius 1 is 0.533 bits per heavy atom. The van der Waals surface area contributed by atoms with E-state index in [0.717, 1.165) is 59.1 Å². The summed E-state index contributed by atoms with van der Waals surface area (Å²) in [7, 11) is 4.75. The van der Waals surface area contributed by atoms with Crippen molar-refractivity contribution in [3.8, 4) is 17.2 Å². The van der Waals surface area contributed by atoms with Gasteiger partial charge < -0.3 is 18.4 Å². The number of nitrogens with zero attached hydrogens (tertiary/aromatic N) is 1. The second-order valence-electron chi connectivity index (χ2n) is 11.1. The van der Waals surface area contributed by atoms with Crippen LogP contribution in [0.1, 0.15) is 55.7 Å². The topological polar surface area (TPSA) is 27.7 Å². The average molecular weight is 652 g/mol. The maximum Gasteiger partial charge on any atom is 0.864 e. The van der Waals surface area contributed by atoms with Gasteiger partial charge in [-0.3, -0.25) is 0 Å². The van der Waals surface area contributed by atoms with E-state index in [1.54, 1.807) is 0 Å². The molecule has 248 valence electrons.